The van der Waals surface area contributed by atoms with Crippen LogP contribution in [0.15, 0.2) is 18.2 Å². The lowest BCUT2D eigenvalue weighted by molar-refractivity contribution is -0.0587. The standard InChI is InChI=1S/C13H16FNO3/c1-8-6-15(7-9(2)18-8)13(17)12-10(14)4-3-5-11(12)16/h3-5,8-9,16H,6-7H2,1-2H3. The molecule has 1 heterocycles. The normalized spacial score (nSPS) is 24.1. The van der Waals surface area contributed by atoms with E-state index in [4.69, 9.17) is 4.74 Å². The number of aromatic hydroxyl groups is 1. The average molecular weight is 253 g/mol. The molecule has 0 spiro atoms. The van der Waals surface area contributed by atoms with Gasteiger partial charge in [0.15, 0.2) is 0 Å². The molecule has 1 aliphatic rings. The Morgan fingerprint density at radius 2 is 2.00 bits per heavy atom. The molecule has 0 radical (unpaired) electrons. The summed E-state index contributed by atoms with van der Waals surface area (Å²) in [4.78, 5) is 13.7. The number of benzene rings is 1. The van der Waals surface area contributed by atoms with Crippen molar-refractivity contribution in [2.24, 2.45) is 0 Å². The quantitative estimate of drug-likeness (QED) is 0.830. The van der Waals surface area contributed by atoms with E-state index in [1.807, 2.05) is 13.8 Å². The third-order valence-electron chi connectivity index (χ3n) is 2.91. The predicted octanol–water partition coefficient (Wildman–Crippen LogP) is 1.78. The maximum Gasteiger partial charge on any atom is 0.260 e. The van der Waals surface area contributed by atoms with Crippen LogP contribution in [-0.2, 0) is 4.74 Å². The highest BCUT2D eigenvalue weighted by molar-refractivity contribution is 5.97. The van der Waals surface area contributed by atoms with E-state index in [0.29, 0.717) is 13.1 Å². The maximum absolute atomic E-state index is 13.6. The Morgan fingerprint density at radius 1 is 1.39 bits per heavy atom. The third-order valence-corrected chi connectivity index (χ3v) is 2.91. The molecule has 2 unspecified atom stereocenters. The van der Waals surface area contributed by atoms with Crippen molar-refractivity contribution in [1.29, 1.82) is 0 Å². The Bertz CT molecular complexity index is 433. The van der Waals surface area contributed by atoms with E-state index in [1.54, 1.807) is 0 Å². The van der Waals surface area contributed by atoms with Crippen LogP contribution in [0.4, 0.5) is 4.39 Å². The lowest BCUT2D eigenvalue weighted by Crippen LogP contribution is -2.48. The maximum atomic E-state index is 13.6. The van der Waals surface area contributed by atoms with Crippen LogP contribution in [0, 0.1) is 5.82 Å². The predicted molar refractivity (Wildman–Crippen MR) is 64.0 cm³/mol. The fourth-order valence-corrected chi connectivity index (χ4v) is 2.23. The van der Waals surface area contributed by atoms with Crippen LogP contribution in [-0.4, -0.2) is 41.2 Å². The van der Waals surface area contributed by atoms with Gasteiger partial charge in [0, 0.05) is 13.1 Å². The number of ether oxygens (including phenoxy) is 1. The van der Waals surface area contributed by atoms with Crippen LogP contribution < -0.4 is 0 Å². The third kappa shape index (κ3) is 2.46. The Labute approximate surface area is 105 Å². The van der Waals surface area contributed by atoms with Crippen LogP contribution >= 0.6 is 0 Å². The molecule has 98 valence electrons. The summed E-state index contributed by atoms with van der Waals surface area (Å²) < 4.78 is 19.1. The van der Waals surface area contributed by atoms with E-state index >= 15 is 0 Å². The minimum absolute atomic E-state index is 0.0911. The van der Waals surface area contributed by atoms with E-state index in [1.165, 1.54) is 23.1 Å². The molecular weight excluding hydrogens is 237 g/mol. The zero-order valence-corrected chi connectivity index (χ0v) is 10.4. The summed E-state index contributed by atoms with van der Waals surface area (Å²) in [7, 11) is 0. The highest BCUT2D eigenvalue weighted by Gasteiger charge is 2.29. The first-order chi connectivity index (χ1) is 8.49. The van der Waals surface area contributed by atoms with Gasteiger partial charge in [-0.2, -0.15) is 0 Å². The van der Waals surface area contributed by atoms with Gasteiger partial charge in [0.25, 0.3) is 5.91 Å². The van der Waals surface area contributed by atoms with Crippen molar-refractivity contribution in [3.05, 3.63) is 29.6 Å². The molecule has 1 saturated heterocycles. The molecule has 1 aromatic carbocycles. The first-order valence-corrected chi connectivity index (χ1v) is 5.91. The van der Waals surface area contributed by atoms with Crippen molar-refractivity contribution in [3.8, 4) is 5.75 Å². The second kappa shape index (κ2) is 4.94. The molecule has 1 N–H and O–H groups in total. The van der Waals surface area contributed by atoms with Gasteiger partial charge in [-0.25, -0.2) is 4.39 Å². The van der Waals surface area contributed by atoms with Gasteiger partial charge in [0.1, 0.15) is 17.1 Å². The van der Waals surface area contributed by atoms with Gasteiger partial charge >= 0.3 is 0 Å². The molecular formula is C13H16FNO3. The molecule has 5 heteroatoms. The van der Waals surface area contributed by atoms with Crippen molar-refractivity contribution < 1.29 is 19.0 Å². The number of amides is 1. The van der Waals surface area contributed by atoms with Crippen molar-refractivity contribution in [2.75, 3.05) is 13.1 Å². The summed E-state index contributed by atoms with van der Waals surface area (Å²) in [5, 5.41) is 9.61. The summed E-state index contributed by atoms with van der Waals surface area (Å²) in [6.07, 6.45) is -0.182. The number of morpholine rings is 1. The number of halogens is 1. The fourth-order valence-electron chi connectivity index (χ4n) is 2.23. The second-order valence-electron chi connectivity index (χ2n) is 4.60. The minimum atomic E-state index is -0.702. The van der Waals surface area contributed by atoms with Gasteiger partial charge in [-0.3, -0.25) is 4.79 Å². The van der Waals surface area contributed by atoms with E-state index in [9.17, 15) is 14.3 Å². The first-order valence-electron chi connectivity index (χ1n) is 5.91. The average Bonchev–Trinajstić information content (AvgIpc) is 2.27. The second-order valence-corrected chi connectivity index (χ2v) is 4.60. The van der Waals surface area contributed by atoms with Crippen molar-refractivity contribution in [1.82, 2.24) is 4.90 Å². The molecule has 1 aromatic rings. The van der Waals surface area contributed by atoms with Crippen LogP contribution in [0.25, 0.3) is 0 Å². The monoisotopic (exact) mass is 253 g/mol. The number of phenols is 1. The number of hydrogen-bond donors (Lipinski definition) is 1. The van der Waals surface area contributed by atoms with Crippen LogP contribution in [0.2, 0.25) is 0 Å². The number of nitrogens with zero attached hydrogens (tertiary/aromatic N) is 1. The smallest absolute Gasteiger partial charge is 0.260 e. The summed E-state index contributed by atoms with van der Waals surface area (Å²) in [6.45, 7) is 4.52. The molecule has 1 fully saturated rings. The summed E-state index contributed by atoms with van der Waals surface area (Å²) >= 11 is 0. The molecule has 2 rings (SSSR count). The Hall–Kier alpha value is -1.62. The topological polar surface area (TPSA) is 49.8 Å². The van der Waals surface area contributed by atoms with Gasteiger partial charge < -0.3 is 14.7 Å². The molecule has 1 aliphatic heterocycles. The molecule has 0 saturated carbocycles. The zero-order chi connectivity index (χ0) is 13.3. The molecule has 0 aliphatic carbocycles. The molecule has 2 atom stereocenters. The van der Waals surface area contributed by atoms with Crippen molar-refractivity contribution in [2.45, 2.75) is 26.1 Å². The van der Waals surface area contributed by atoms with Gasteiger partial charge in [0.2, 0.25) is 0 Å². The fraction of sp³-hybridized carbons (Fsp3) is 0.462. The largest absolute Gasteiger partial charge is 0.507 e. The van der Waals surface area contributed by atoms with Crippen molar-refractivity contribution in [3.63, 3.8) is 0 Å². The highest BCUT2D eigenvalue weighted by Crippen LogP contribution is 2.23. The highest BCUT2D eigenvalue weighted by atomic mass is 19.1. The zero-order valence-electron chi connectivity index (χ0n) is 10.4. The van der Waals surface area contributed by atoms with E-state index in [2.05, 4.69) is 0 Å². The summed E-state index contributed by atoms with van der Waals surface area (Å²) in [5.41, 5.74) is -0.265. The van der Waals surface area contributed by atoms with E-state index < -0.39 is 11.7 Å². The Kier molecular flexibility index (Phi) is 3.52. The molecule has 0 bridgehead atoms. The van der Waals surface area contributed by atoms with Gasteiger partial charge in [-0.1, -0.05) is 6.07 Å². The van der Waals surface area contributed by atoms with Crippen LogP contribution in [0.1, 0.15) is 24.2 Å². The van der Waals surface area contributed by atoms with Gasteiger partial charge in [-0.05, 0) is 26.0 Å². The number of hydrogen-bond acceptors (Lipinski definition) is 3. The molecule has 0 aromatic heterocycles. The minimum Gasteiger partial charge on any atom is -0.507 e. The summed E-state index contributed by atoms with van der Waals surface area (Å²) in [6, 6.07) is 3.84. The molecule has 18 heavy (non-hydrogen) atoms. The SMILES string of the molecule is CC1CN(C(=O)c2c(O)cccc2F)CC(C)O1. The van der Waals surface area contributed by atoms with Gasteiger partial charge in [0.05, 0.1) is 12.2 Å². The Morgan fingerprint density at radius 3 is 2.56 bits per heavy atom. The lowest BCUT2D eigenvalue weighted by atomic mass is 10.1. The van der Waals surface area contributed by atoms with E-state index in [0.717, 1.165) is 0 Å². The lowest BCUT2D eigenvalue weighted by Gasteiger charge is -2.35. The van der Waals surface area contributed by atoms with Gasteiger partial charge in [-0.15, -0.1) is 0 Å². The molecule has 4 nitrogen and oxygen atoms in total. The number of phenolic OH excluding ortho intramolecular Hbond substituents is 1. The molecule has 1 amide bonds. The Balaban J connectivity index is 2.26. The number of carbonyl (C=O) groups is 1. The van der Waals surface area contributed by atoms with Crippen LogP contribution in [0.5, 0.6) is 5.75 Å². The van der Waals surface area contributed by atoms with Crippen LogP contribution in [0.3, 0.4) is 0 Å². The summed E-state index contributed by atoms with van der Waals surface area (Å²) in [5.74, 6) is -1.52. The number of carbonyl (C=O) groups excluding carboxylic acids is 1. The first kappa shape index (κ1) is 12.8. The number of rotatable bonds is 1. The van der Waals surface area contributed by atoms with E-state index in [-0.39, 0.29) is 23.5 Å². The van der Waals surface area contributed by atoms with Crippen molar-refractivity contribution >= 4 is 5.91 Å².